The van der Waals surface area contributed by atoms with E-state index in [2.05, 4.69) is 0 Å². The molecule has 0 aromatic rings. The van der Waals surface area contributed by atoms with E-state index in [0.717, 1.165) is 6.61 Å². The van der Waals surface area contributed by atoms with Crippen LogP contribution >= 0.6 is 0 Å². The minimum atomic E-state index is 0.212. The molecular weight excluding hydrogens is 164 g/mol. The molecule has 0 aromatic carbocycles. The molecule has 2 heteroatoms. The van der Waals surface area contributed by atoms with Crippen LogP contribution < -0.4 is 0 Å². The Kier molecular flexibility index (Phi) is 2.89. The van der Waals surface area contributed by atoms with E-state index in [1.165, 1.54) is 44.9 Å². The first-order valence-electron chi connectivity index (χ1n) is 5.51. The minimum absolute atomic E-state index is 0.212. The summed E-state index contributed by atoms with van der Waals surface area (Å²) >= 11 is 0. The zero-order chi connectivity index (χ0) is 9.15. The van der Waals surface area contributed by atoms with Crippen molar-refractivity contribution in [2.75, 3.05) is 13.7 Å². The van der Waals surface area contributed by atoms with Crippen molar-refractivity contribution in [1.82, 2.24) is 0 Å². The Hall–Kier alpha value is -0.0800. The van der Waals surface area contributed by atoms with Gasteiger partial charge in [0.15, 0.2) is 0 Å². The smallest absolute Gasteiger partial charge is 0.0811 e. The van der Waals surface area contributed by atoms with Crippen molar-refractivity contribution in [3.63, 3.8) is 0 Å². The van der Waals surface area contributed by atoms with Gasteiger partial charge in [-0.05, 0) is 25.7 Å². The maximum Gasteiger partial charge on any atom is 0.0811 e. The summed E-state index contributed by atoms with van der Waals surface area (Å²) in [5.74, 6) is 0. The van der Waals surface area contributed by atoms with Gasteiger partial charge in [-0.2, -0.15) is 0 Å². The number of rotatable bonds is 4. The van der Waals surface area contributed by atoms with E-state index in [-0.39, 0.29) is 5.60 Å². The number of methoxy groups -OCH3 is 1. The Labute approximate surface area is 80.6 Å². The molecule has 0 N–H and O–H groups in total. The molecule has 1 saturated carbocycles. The fourth-order valence-corrected chi connectivity index (χ4v) is 2.41. The van der Waals surface area contributed by atoms with E-state index in [9.17, 15) is 0 Å². The topological polar surface area (TPSA) is 21.8 Å². The van der Waals surface area contributed by atoms with Crippen molar-refractivity contribution in [2.24, 2.45) is 0 Å². The molecule has 1 aliphatic carbocycles. The first kappa shape index (κ1) is 9.47. The highest BCUT2D eigenvalue weighted by atomic mass is 16.6. The van der Waals surface area contributed by atoms with E-state index >= 15 is 0 Å². The van der Waals surface area contributed by atoms with Crippen LogP contribution in [-0.4, -0.2) is 25.4 Å². The van der Waals surface area contributed by atoms with E-state index in [0.29, 0.717) is 6.10 Å². The van der Waals surface area contributed by atoms with Crippen molar-refractivity contribution in [3.05, 3.63) is 0 Å². The lowest BCUT2D eigenvalue weighted by molar-refractivity contribution is -0.0477. The Balaban J connectivity index is 1.80. The van der Waals surface area contributed by atoms with E-state index in [1.54, 1.807) is 0 Å². The van der Waals surface area contributed by atoms with Crippen LogP contribution in [0.3, 0.4) is 0 Å². The summed E-state index contributed by atoms with van der Waals surface area (Å²) in [5.41, 5.74) is 0.212. The normalized spacial score (nSPS) is 31.6. The molecule has 1 aliphatic heterocycles. The molecule has 2 aliphatic rings. The summed E-state index contributed by atoms with van der Waals surface area (Å²) in [6, 6.07) is 0. The lowest BCUT2D eigenvalue weighted by atomic mass is 9.81. The maximum absolute atomic E-state index is 5.70. The Morgan fingerprint density at radius 2 is 2.00 bits per heavy atom. The van der Waals surface area contributed by atoms with Gasteiger partial charge in [-0.1, -0.05) is 19.3 Å². The molecule has 13 heavy (non-hydrogen) atoms. The molecular formula is C11H20O2. The van der Waals surface area contributed by atoms with Crippen molar-refractivity contribution in [1.29, 1.82) is 0 Å². The van der Waals surface area contributed by atoms with Gasteiger partial charge in [0.1, 0.15) is 0 Å². The number of epoxide rings is 1. The quantitative estimate of drug-likeness (QED) is 0.626. The summed E-state index contributed by atoms with van der Waals surface area (Å²) in [5, 5.41) is 0. The highest BCUT2D eigenvalue weighted by Crippen LogP contribution is 2.36. The maximum atomic E-state index is 5.70. The molecule has 2 rings (SSSR count). The Morgan fingerprint density at radius 3 is 2.54 bits per heavy atom. The molecule has 1 heterocycles. The molecule has 0 aromatic heterocycles. The zero-order valence-corrected chi connectivity index (χ0v) is 8.55. The minimum Gasteiger partial charge on any atom is -0.378 e. The van der Waals surface area contributed by atoms with Crippen LogP contribution in [0.4, 0.5) is 0 Å². The fraction of sp³-hybridized carbons (Fsp3) is 1.00. The van der Waals surface area contributed by atoms with E-state index < -0.39 is 0 Å². The molecule has 0 bridgehead atoms. The van der Waals surface area contributed by atoms with Gasteiger partial charge >= 0.3 is 0 Å². The van der Waals surface area contributed by atoms with Crippen molar-refractivity contribution in [2.45, 2.75) is 56.7 Å². The number of hydrogen-bond donors (Lipinski definition) is 0. The lowest BCUT2D eigenvalue weighted by Crippen LogP contribution is -2.34. The van der Waals surface area contributed by atoms with Crippen LogP contribution in [0.15, 0.2) is 0 Å². The van der Waals surface area contributed by atoms with Gasteiger partial charge in [0.2, 0.25) is 0 Å². The van der Waals surface area contributed by atoms with Crippen LogP contribution in [0.5, 0.6) is 0 Å². The number of ether oxygens (including phenoxy) is 2. The summed E-state index contributed by atoms with van der Waals surface area (Å²) in [6.45, 7) is 0.986. The SMILES string of the molecule is COC1(CCC2CO2)CCCCC1. The third kappa shape index (κ3) is 2.44. The van der Waals surface area contributed by atoms with Gasteiger partial charge in [-0.3, -0.25) is 0 Å². The second kappa shape index (κ2) is 3.97. The predicted molar refractivity (Wildman–Crippen MR) is 51.8 cm³/mol. The van der Waals surface area contributed by atoms with Gasteiger partial charge in [0, 0.05) is 7.11 Å². The molecule has 0 amide bonds. The van der Waals surface area contributed by atoms with Gasteiger partial charge in [0.25, 0.3) is 0 Å². The molecule has 76 valence electrons. The van der Waals surface area contributed by atoms with E-state index in [4.69, 9.17) is 9.47 Å². The van der Waals surface area contributed by atoms with Crippen LogP contribution in [-0.2, 0) is 9.47 Å². The van der Waals surface area contributed by atoms with Crippen LogP contribution in [0.2, 0.25) is 0 Å². The number of hydrogen-bond acceptors (Lipinski definition) is 2. The van der Waals surface area contributed by atoms with Gasteiger partial charge in [-0.15, -0.1) is 0 Å². The fourth-order valence-electron chi connectivity index (χ4n) is 2.41. The van der Waals surface area contributed by atoms with Crippen molar-refractivity contribution < 1.29 is 9.47 Å². The Morgan fingerprint density at radius 1 is 1.31 bits per heavy atom. The summed E-state index contributed by atoms with van der Waals surface area (Å²) < 4.78 is 10.9. The molecule has 2 nitrogen and oxygen atoms in total. The lowest BCUT2D eigenvalue weighted by Gasteiger charge is -2.36. The molecule has 1 unspecified atom stereocenters. The highest BCUT2D eigenvalue weighted by molar-refractivity contribution is 4.86. The Bertz CT molecular complexity index is 157. The molecule has 0 radical (unpaired) electrons. The largest absolute Gasteiger partial charge is 0.378 e. The second-order valence-electron chi connectivity index (χ2n) is 4.44. The van der Waals surface area contributed by atoms with Gasteiger partial charge in [0.05, 0.1) is 18.3 Å². The van der Waals surface area contributed by atoms with Gasteiger partial charge < -0.3 is 9.47 Å². The van der Waals surface area contributed by atoms with Crippen molar-refractivity contribution >= 4 is 0 Å². The first-order valence-corrected chi connectivity index (χ1v) is 5.51. The van der Waals surface area contributed by atoms with Crippen LogP contribution in [0, 0.1) is 0 Å². The molecule has 1 atom stereocenters. The monoisotopic (exact) mass is 184 g/mol. The van der Waals surface area contributed by atoms with E-state index in [1.807, 2.05) is 7.11 Å². The van der Waals surface area contributed by atoms with Gasteiger partial charge in [-0.25, -0.2) is 0 Å². The average Bonchev–Trinajstić information content (AvgIpc) is 3.00. The zero-order valence-electron chi connectivity index (χ0n) is 8.55. The average molecular weight is 184 g/mol. The summed E-state index contributed by atoms with van der Waals surface area (Å²) in [6.07, 6.45) is 9.58. The first-order chi connectivity index (χ1) is 6.35. The molecule has 1 saturated heterocycles. The standard InChI is InChI=1S/C11H20O2/c1-12-11(6-3-2-4-7-11)8-5-10-9-13-10/h10H,2-9H2,1H3. The predicted octanol–water partition coefficient (Wildman–Crippen LogP) is 2.51. The summed E-state index contributed by atoms with van der Waals surface area (Å²) in [7, 11) is 1.87. The second-order valence-corrected chi connectivity index (χ2v) is 4.44. The van der Waals surface area contributed by atoms with Crippen LogP contribution in [0.1, 0.15) is 44.9 Å². The third-order valence-electron chi connectivity index (χ3n) is 3.52. The summed E-state index contributed by atoms with van der Waals surface area (Å²) in [4.78, 5) is 0. The molecule has 2 fully saturated rings. The van der Waals surface area contributed by atoms with Crippen LogP contribution in [0.25, 0.3) is 0 Å². The third-order valence-corrected chi connectivity index (χ3v) is 3.52. The molecule has 0 spiro atoms. The van der Waals surface area contributed by atoms with Crippen molar-refractivity contribution in [3.8, 4) is 0 Å². The highest BCUT2D eigenvalue weighted by Gasteiger charge is 2.34.